The zero-order chi connectivity index (χ0) is 16.5. The summed E-state index contributed by atoms with van der Waals surface area (Å²) in [5, 5.41) is 8.39. The lowest BCUT2D eigenvalue weighted by Crippen LogP contribution is -2.39. The first-order valence-electron chi connectivity index (χ1n) is 8.25. The molecule has 3 aromatic rings. The van der Waals surface area contributed by atoms with Crippen molar-refractivity contribution in [3.8, 4) is 0 Å². The highest BCUT2D eigenvalue weighted by Crippen LogP contribution is 2.26. The molecule has 4 rings (SSSR count). The lowest BCUT2D eigenvalue weighted by atomic mass is 10.1. The summed E-state index contributed by atoms with van der Waals surface area (Å²) in [6.45, 7) is 2.54. The van der Waals surface area contributed by atoms with E-state index in [9.17, 15) is 4.79 Å². The molecule has 0 aliphatic carbocycles. The normalized spacial score (nSPS) is 17.8. The van der Waals surface area contributed by atoms with Gasteiger partial charge in [0, 0.05) is 50.0 Å². The number of nitrogens with one attached hydrogen (secondary N) is 2. The van der Waals surface area contributed by atoms with E-state index in [2.05, 4.69) is 44.6 Å². The van der Waals surface area contributed by atoms with Crippen LogP contribution in [0.2, 0.25) is 0 Å². The fourth-order valence-corrected chi connectivity index (χ4v) is 3.58. The predicted octanol–water partition coefficient (Wildman–Crippen LogP) is 2.06. The minimum absolute atomic E-state index is 0.0519. The third-order valence-electron chi connectivity index (χ3n) is 4.73. The summed E-state index contributed by atoms with van der Waals surface area (Å²) < 4.78 is 2.00. The Hall–Kier alpha value is -2.60. The highest BCUT2D eigenvalue weighted by Gasteiger charge is 2.27. The van der Waals surface area contributed by atoms with Crippen LogP contribution in [-0.4, -0.2) is 39.2 Å². The fraction of sp³-hybridized carbons (Fsp3) is 0.333. The number of aromatic amines is 1. The van der Waals surface area contributed by atoms with E-state index in [1.165, 1.54) is 10.9 Å². The lowest BCUT2D eigenvalue weighted by molar-refractivity contribution is -0.121. The Labute approximate surface area is 140 Å². The van der Waals surface area contributed by atoms with Crippen molar-refractivity contribution in [2.24, 2.45) is 0 Å². The van der Waals surface area contributed by atoms with Crippen molar-refractivity contribution >= 4 is 16.8 Å². The first kappa shape index (κ1) is 15.0. The third-order valence-corrected chi connectivity index (χ3v) is 4.73. The smallest absolute Gasteiger partial charge is 0.221 e. The van der Waals surface area contributed by atoms with Crippen LogP contribution >= 0.6 is 0 Å². The molecule has 0 radical (unpaired) electrons. The molecule has 2 aromatic heterocycles. The van der Waals surface area contributed by atoms with Crippen molar-refractivity contribution in [2.75, 3.05) is 13.6 Å². The second-order valence-electron chi connectivity index (χ2n) is 6.32. The van der Waals surface area contributed by atoms with Crippen LogP contribution in [0, 0.1) is 0 Å². The van der Waals surface area contributed by atoms with E-state index in [1.54, 1.807) is 7.05 Å². The van der Waals surface area contributed by atoms with Gasteiger partial charge in [-0.05, 0) is 23.8 Å². The van der Waals surface area contributed by atoms with E-state index in [0.717, 1.165) is 30.8 Å². The van der Waals surface area contributed by atoms with Gasteiger partial charge in [-0.2, -0.15) is 5.10 Å². The van der Waals surface area contributed by atoms with Crippen molar-refractivity contribution < 1.29 is 4.79 Å². The first-order chi connectivity index (χ1) is 11.7. The zero-order valence-corrected chi connectivity index (χ0v) is 13.7. The van der Waals surface area contributed by atoms with Crippen molar-refractivity contribution in [2.45, 2.75) is 25.6 Å². The number of amides is 1. The molecule has 0 saturated carbocycles. The molecule has 6 nitrogen and oxygen atoms in total. The monoisotopic (exact) mass is 323 g/mol. The molecule has 1 aliphatic heterocycles. The summed E-state index contributed by atoms with van der Waals surface area (Å²) in [6.07, 6.45) is 4.26. The maximum atomic E-state index is 11.8. The Morgan fingerprint density at radius 3 is 3.17 bits per heavy atom. The first-order valence-corrected chi connectivity index (χ1v) is 8.25. The van der Waals surface area contributed by atoms with Crippen molar-refractivity contribution in [3.05, 3.63) is 54.0 Å². The van der Waals surface area contributed by atoms with Crippen LogP contribution < -0.4 is 5.32 Å². The van der Waals surface area contributed by atoms with Crippen LogP contribution in [0.4, 0.5) is 0 Å². The van der Waals surface area contributed by atoms with Crippen LogP contribution in [0.1, 0.15) is 23.7 Å². The molecule has 1 atom stereocenters. The largest absolute Gasteiger partial charge is 0.361 e. The van der Waals surface area contributed by atoms with Crippen LogP contribution in [-0.2, 0) is 17.9 Å². The molecule has 24 heavy (non-hydrogen) atoms. The van der Waals surface area contributed by atoms with E-state index in [1.807, 2.05) is 23.1 Å². The van der Waals surface area contributed by atoms with Gasteiger partial charge < -0.3 is 10.3 Å². The van der Waals surface area contributed by atoms with Gasteiger partial charge in [-0.1, -0.05) is 12.1 Å². The highest BCUT2D eigenvalue weighted by atomic mass is 16.1. The Kier molecular flexibility index (Phi) is 3.82. The topological polar surface area (TPSA) is 66.0 Å². The number of benzene rings is 1. The molecular weight excluding hydrogens is 302 g/mol. The number of carbonyl (C=O) groups excluding carboxylic acids is 1. The standard InChI is InChI=1S/C18H21N5O/c1-19-18(24)9-15-12-22(11-14-5-8-21-23(14)15)10-13-3-2-4-17-16(13)6-7-20-17/h2-8,15,20H,9-12H2,1H3,(H,19,24)/t15-/m0/s1. The van der Waals surface area contributed by atoms with Crippen molar-refractivity contribution in [3.63, 3.8) is 0 Å². The molecule has 1 aromatic carbocycles. The molecular formula is C18H21N5O. The van der Waals surface area contributed by atoms with Gasteiger partial charge in [0.05, 0.1) is 18.2 Å². The molecule has 3 heterocycles. The van der Waals surface area contributed by atoms with Gasteiger partial charge in [0.15, 0.2) is 0 Å². The van der Waals surface area contributed by atoms with E-state index in [-0.39, 0.29) is 11.9 Å². The second-order valence-corrected chi connectivity index (χ2v) is 6.32. The number of H-pyrrole nitrogens is 1. The van der Waals surface area contributed by atoms with Gasteiger partial charge >= 0.3 is 0 Å². The summed E-state index contributed by atoms with van der Waals surface area (Å²) in [5.74, 6) is 0.0519. The van der Waals surface area contributed by atoms with Gasteiger partial charge in [-0.3, -0.25) is 14.4 Å². The second kappa shape index (κ2) is 6.13. The van der Waals surface area contributed by atoms with E-state index >= 15 is 0 Å². The summed E-state index contributed by atoms with van der Waals surface area (Å²) in [7, 11) is 1.68. The quantitative estimate of drug-likeness (QED) is 0.772. The van der Waals surface area contributed by atoms with E-state index in [4.69, 9.17) is 0 Å². The van der Waals surface area contributed by atoms with Gasteiger partial charge in [-0.15, -0.1) is 0 Å². The summed E-state index contributed by atoms with van der Waals surface area (Å²) in [4.78, 5) is 17.5. The number of aromatic nitrogens is 3. The van der Waals surface area contributed by atoms with Crippen molar-refractivity contribution in [1.29, 1.82) is 0 Å². The predicted molar refractivity (Wildman–Crippen MR) is 92.4 cm³/mol. The minimum atomic E-state index is 0.0519. The molecule has 0 fully saturated rings. The molecule has 0 unspecified atom stereocenters. The van der Waals surface area contributed by atoms with Crippen LogP contribution in [0.5, 0.6) is 0 Å². The number of nitrogens with zero attached hydrogens (tertiary/aromatic N) is 3. The number of hydrogen-bond donors (Lipinski definition) is 2. The third kappa shape index (κ3) is 2.69. The van der Waals surface area contributed by atoms with E-state index < -0.39 is 0 Å². The van der Waals surface area contributed by atoms with Crippen LogP contribution in [0.3, 0.4) is 0 Å². The van der Waals surface area contributed by atoms with Crippen LogP contribution in [0.15, 0.2) is 42.7 Å². The molecule has 1 aliphatic rings. The van der Waals surface area contributed by atoms with Gasteiger partial charge in [0.25, 0.3) is 0 Å². The van der Waals surface area contributed by atoms with Gasteiger partial charge in [0.2, 0.25) is 5.91 Å². The maximum Gasteiger partial charge on any atom is 0.221 e. The Morgan fingerprint density at radius 1 is 1.38 bits per heavy atom. The Balaban J connectivity index is 1.58. The fourth-order valence-electron chi connectivity index (χ4n) is 3.58. The number of hydrogen-bond acceptors (Lipinski definition) is 3. The summed E-state index contributed by atoms with van der Waals surface area (Å²) in [6, 6.07) is 10.6. The molecule has 124 valence electrons. The lowest BCUT2D eigenvalue weighted by Gasteiger charge is -2.33. The molecule has 2 N–H and O–H groups in total. The SMILES string of the molecule is CNC(=O)C[C@H]1CN(Cc2cccc3[nH]ccc23)Cc2ccnn21. The molecule has 6 heteroatoms. The zero-order valence-electron chi connectivity index (χ0n) is 13.7. The summed E-state index contributed by atoms with van der Waals surface area (Å²) in [5.41, 5.74) is 3.63. The van der Waals surface area contributed by atoms with Crippen molar-refractivity contribution in [1.82, 2.24) is 25.0 Å². The van der Waals surface area contributed by atoms with Gasteiger partial charge in [-0.25, -0.2) is 0 Å². The van der Waals surface area contributed by atoms with Gasteiger partial charge in [0.1, 0.15) is 0 Å². The average Bonchev–Trinajstić information content (AvgIpc) is 3.23. The van der Waals surface area contributed by atoms with Crippen LogP contribution in [0.25, 0.3) is 10.9 Å². The number of rotatable bonds is 4. The Bertz CT molecular complexity index is 865. The minimum Gasteiger partial charge on any atom is -0.361 e. The number of carbonyl (C=O) groups is 1. The van der Waals surface area contributed by atoms with E-state index in [0.29, 0.717) is 6.42 Å². The molecule has 0 bridgehead atoms. The summed E-state index contributed by atoms with van der Waals surface area (Å²) >= 11 is 0. The number of fused-ring (bicyclic) bond motifs is 2. The molecule has 1 amide bonds. The molecule has 0 spiro atoms. The Morgan fingerprint density at radius 2 is 2.29 bits per heavy atom. The molecule has 0 saturated heterocycles. The maximum absolute atomic E-state index is 11.8. The average molecular weight is 323 g/mol. The highest BCUT2D eigenvalue weighted by molar-refractivity contribution is 5.82.